The Balaban J connectivity index is 1.57. The summed E-state index contributed by atoms with van der Waals surface area (Å²) in [4.78, 5) is 18.6. The van der Waals surface area contributed by atoms with Crippen LogP contribution in [0.2, 0.25) is 0 Å². The fourth-order valence-corrected chi connectivity index (χ4v) is 6.17. The maximum Gasteiger partial charge on any atom is 0.139 e. The van der Waals surface area contributed by atoms with E-state index in [1.165, 1.54) is 11.1 Å². The number of carbonyl (C=O) groups excluding carboxylic acids is 1. The molecule has 2 bridgehead atoms. The Bertz CT molecular complexity index is 777. The second-order valence-electron chi connectivity index (χ2n) is 9.13. The summed E-state index contributed by atoms with van der Waals surface area (Å²) >= 11 is 0. The minimum atomic E-state index is 0.0219. The van der Waals surface area contributed by atoms with Crippen molar-refractivity contribution in [2.75, 3.05) is 33.2 Å². The van der Waals surface area contributed by atoms with Gasteiger partial charge < -0.3 is 4.90 Å². The molecule has 3 heteroatoms. The smallest absolute Gasteiger partial charge is 0.139 e. The Morgan fingerprint density at radius 1 is 0.786 bits per heavy atom. The first-order valence-electron chi connectivity index (χ1n) is 10.7. The first-order valence-corrected chi connectivity index (χ1v) is 10.7. The third kappa shape index (κ3) is 3.01. The second kappa shape index (κ2) is 7.13. The molecule has 0 N–H and O–H groups in total. The summed E-state index contributed by atoms with van der Waals surface area (Å²) in [5.74, 6) is 1.28. The van der Waals surface area contributed by atoms with Crippen LogP contribution in [0.5, 0.6) is 0 Å². The van der Waals surface area contributed by atoms with Crippen LogP contribution in [-0.4, -0.2) is 54.3 Å². The van der Waals surface area contributed by atoms with Crippen molar-refractivity contribution in [1.29, 1.82) is 0 Å². The molecule has 3 nitrogen and oxygen atoms in total. The lowest BCUT2D eigenvalue weighted by Crippen LogP contribution is -2.64. The molecule has 2 aromatic rings. The van der Waals surface area contributed by atoms with Crippen LogP contribution in [0.4, 0.5) is 0 Å². The van der Waals surface area contributed by atoms with Gasteiger partial charge in [-0.3, -0.25) is 9.69 Å². The van der Waals surface area contributed by atoms with E-state index < -0.39 is 0 Å². The normalized spacial score (nSPS) is 33.9. The van der Waals surface area contributed by atoms with E-state index >= 15 is 0 Å². The second-order valence-corrected chi connectivity index (χ2v) is 9.13. The average molecular weight is 375 g/mol. The molecule has 3 aliphatic carbocycles. The molecule has 0 radical (unpaired) electrons. The number of nitrogens with zero attached hydrogens (tertiary/aromatic N) is 2. The molecule has 4 aliphatic rings. The first-order chi connectivity index (χ1) is 13.7. The predicted octanol–water partition coefficient (Wildman–Crippen LogP) is 3.92. The molecule has 0 aromatic heterocycles. The van der Waals surface area contributed by atoms with Gasteiger partial charge in [0.15, 0.2) is 0 Å². The van der Waals surface area contributed by atoms with Crippen molar-refractivity contribution in [3.8, 4) is 0 Å². The molecule has 28 heavy (non-hydrogen) atoms. The molecule has 1 aliphatic heterocycles. The number of fused-ring (bicyclic) bond motifs is 3. The van der Waals surface area contributed by atoms with Crippen molar-refractivity contribution >= 4 is 5.78 Å². The molecule has 6 rings (SSSR count). The van der Waals surface area contributed by atoms with Crippen LogP contribution in [0, 0.1) is 5.92 Å². The zero-order valence-corrected chi connectivity index (χ0v) is 16.8. The Hall–Kier alpha value is -1.97. The van der Waals surface area contributed by atoms with Crippen LogP contribution in [-0.2, 0) is 4.79 Å². The number of Topliss-reactive ketones (excluding diaryl/α,β-unsaturated/α-hetero) is 1. The van der Waals surface area contributed by atoms with Gasteiger partial charge in [-0.2, -0.15) is 0 Å². The number of ketones is 1. The Morgan fingerprint density at radius 2 is 1.29 bits per heavy atom. The summed E-state index contributed by atoms with van der Waals surface area (Å²) in [6.45, 7) is 4.37. The van der Waals surface area contributed by atoms with Crippen LogP contribution in [0.1, 0.15) is 42.2 Å². The summed E-state index contributed by atoms with van der Waals surface area (Å²) in [6, 6.07) is 21.6. The Morgan fingerprint density at radius 3 is 1.79 bits per heavy atom. The lowest BCUT2D eigenvalue weighted by molar-refractivity contribution is -0.141. The molecular weight excluding hydrogens is 344 g/mol. The van der Waals surface area contributed by atoms with Crippen LogP contribution in [0.3, 0.4) is 0 Å². The Labute approximate surface area is 168 Å². The van der Waals surface area contributed by atoms with Gasteiger partial charge in [0.25, 0.3) is 0 Å². The molecule has 4 fully saturated rings. The van der Waals surface area contributed by atoms with Crippen LogP contribution >= 0.6 is 0 Å². The van der Waals surface area contributed by atoms with E-state index in [0.717, 1.165) is 45.4 Å². The third-order valence-electron chi connectivity index (χ3n) is 7.57. The number of carbonyl (C=O) groups is 1. The van der Waals surface area contributed by atoms with E-state index in [-0.39, 0.29) is 11.5 Å². The summed E-state index contributed by atoms with van der Waals surface area (Å²) < 4.78 is 0. The molecule has 2 aromatic carbocycles. The van der Waals surface area contributed by atoms with Crippen molar-refractivity contribution in [2.24, 2.45) is 5.92 Å². The summed E-state index contributed by atoms with van der Waals surface area (Å²) in [5, 5.41) is 0. The number of hydrogen-bond acceptors (Lipinski definition) is 3. The van der Waals surface area contributed by atoms with Gasteiger partial charge in [-0.1, -0.05) is 60.7 Å². The monoisotopic (exact) mass is 374 g/mol. The van der Waals surface area contributed by atoms with E-state index in [1.54, 1.807) is 0 Å². The topological polar surface area (TPSA) is 23.6 Å². The fraction of sp³-hybridized carbons (Fsp3) is 0.480. The highest BCUT2D eigenvalue weighted by Crippen LogP contribution is 2.58. The average Bonchev–Trinajstić information content (AvgIpc) is 2.75. The van der Waals surface area contributed by atoms with Crippen molar-refractivity contribution in [3.05, 3.63) is 71.8 Å². The molecule has 2 atom stereocenters. The molecular formula is C25H30N2O. The van der Waals surface area contributed by atoms with Crippen LogP contribution < -0.4 is 0 Å². The maximum atomic E-state index is 13.5. The number of rotatable bonds is 3. The standard InChI is InChI=1S/C25H30N2O/c1-26-12-14-27(15-13-26)25-16-21(19-8-4-2-5-9-19)24(23(28)18-25)22(17-25)20-10-6-3-7-11-20/h2-11,21-22,24H,12-18H2,1H3. The van der Waals surface area contributed by atoms with Gasteiger partial charge in [-0.05, 0) is 42.9 Å². The van der Waals surface area contributed by atoms with Crippen LogP contribution in [0.15, 0.2) is 60.7 Å². The van der Waals surface area contributed by atoms with Gasteiger partial charge in [0.05, 0.1) is 0 Å². The van der Waals surface area contributed by atoms with Crippen molar-refractivity contribution in [3.63, 3.8) is 0 Å². The van der Waals surface area contributed by atoms with Crippen molar-refractivity contribution in [2.45, 2.75) is 36.6 Å². The summed E-state index contributed by atoms with van der Waals surface area (Å²) in [6.07, 6.45) is 3.00. The summed E-state index contributed by atoms with van der Waals surface area (Å²) in [5.41, 5.74) is 2.72. The molecule has 0 amide bonds. The number of benzene rings is 2. The molecule has 3 saturated carbocycles. The number of piperazine rings is 1. The first kappa shape index (κ1) is 18.1. The van der Waals surface area contributed by atoms with Crippen LogP contribution in [0.25, 0.3) is 0 Å². The van der Waals surface area contributed by atoms with E-state index in [4.69, 9.17) is 0 Å². The zero-order chi connectivity index (χ0) is 19.1. The molecule has 1 saturated heterocycles. The zero-order valence-electron chi connectivity index (χ0n) is 16.8. The minimum Gasteiger partial charge on any atom is -0.304 e. The number of likely N-dealkylation sites (N-methyl/N-ethyl adjacent to an activating group) is 1. The highest BCUT2D eigenvalue weighted by atomic mass is 16.1. The minimum absolute atomic E-state index is 0.0219. The van der Waals surface area contributed by atoms with Gasteiger partial charge in [-0.25, -0.2) is 0 Å². The van der Waals surface area contributed by atoms with Gasteiger partial charge in [0.2, 0.25) is 0 Å². The van der Waals surface area contributed by atoms with E-state index in [9.17, 15) is 4.79 Å². The predicted molar refractivity (Wildman–Crippen MR) is 113 cm³/mol. The lowest BCUT2D eigenvalue weighted by Gasteiger charge is -2.59. The van der Waals surface area contributed by atoms with E-state index in [1.807, 2.05) is 0 Å². The van der Waals surface area contributed by atoms with Gasteiger partial charge >= 0.3 is 0 Å². The molecule has 1 heterocycles. The maximum absolute atomic E-state index is 13.5. The third-order valence-corrected chi connectivity index (χ3v) is 7.57. The fourth-order valence-electron chi connectivity index (χ4n) is 6.17. The van der Waals surface area contributed by atoms with Gasteiger partial charge in [0.1, 0.15) is 5.78 Å². The molecule has 0 spiro atoms. The molecule has 2 unspecified atom stereocenters. The number of hydrogen-bond donors (Lipinski definition) is 0. The van der Waals surface area contributed by atoms with E-state index in [0.29, 0.717) is 17.6 Å². The van der Waals surface area contributed by atoms with Gasteiger partial charge in [0, 0.05) is 44.1 Å². The van der Waals surface area contributed by atoms with Crippen molar-refractivity contribution in [1.82, 2.24) is 9.80 Å². The lowest BCUT2D eigenvalue weighted by atomic mass is 9.52. The molecule has 146 valence electrons. The largest absolute Gasteiger partial charge is 0.304 e. The Kier molecular flexibility index (Phi) is 4.60. The SMILES string of the molecule is CN1CCN(C23CC(=O)C(C(c4ccccc4)C2)C(c2ccccc2)C3)CC1. The highest BCUT2D eigenvalue weighted by Gasteiger charge is 2.57. The van der Waals surface area contributed by atoms with Gasteiger partial charge in [-0.15, -0.1) is 0 Å². The quantitative estimate of drug-likeness (QED) is 0.813. The van der Waals surface area contributed by atoms with E-state index in [2.05, 4.69) is 77.5 Å². The van der Waals surface area contributed by atoms with Crippen molar-refractivity contribution < 1.29 is 4.79 Å². The highest BCUT2D eigenvalue weighted by molar-refractivity contribution is 5.86. The summed E-state index contributed by atoms with van der Waals surface area (Å²) in [7, 11) is 2.21.